The highest BCUT2D eigenvalue weighted by molar-refractivity contribution is 6.40. The van der Waals surface area contributed by atoms with Gasteiger partial charge in [0.05, 0.1) is 11.1 Å². The Morgan fingerprint density at radius 1 is 0.341 bits per heavy atom. The van der Waals surface area contributed by atoms with Gasteiger partial charge in [-0.25, -0.2) is 0 Å². The van der Waals surface area contributed by atoms with E-state index in [0.717, 1.165) is 142 Å². The minimum atomic E-state index is -0.150. The summed E-state index contributed by atoms with van der Waals surface area (Å²) < 4.78 is 0. The molecular weight excluding hydrogens is 1000 g/mol. The van der Waals surface area contributed by atoms with Gasteiger partial charge in [-0.2, -0.15) is 0 Å². The van der Waals surface area contributed by atoms with Crippen molar-refractivity contribution in [3.8, 4) is 0 Å². The minimum absolute atomic E-state index is 0.120. The molecule has 0 fully saturated rings. The second-order valence-electron chi connectivity index (χ2n) is 23.4. The van der Waals surface area contributed by atoms with Crippen LogP contribution in [0.1, 0.15) is 143 Å². The van der Waals surface area contributed by atoms with E-state index in [1.54, 1.807) is 4.90 Å². The molecule has 6 heteroatoms. The summed E-state index contributed by atoms with van der Waals surface area (Å²) in [4.78, 5) is 60.2. The SMILES string of the molecule is CCCCC(CC)CN1C(=O)c2c(CCc3ccccc3)cc3c4cccc5cccc(c6cc(CCc7ccccc7)c(c2c36)C1=O)c54.CCCCC(CC)CN1C(=O)c2ccc3c4cccc5cccc(c6ccc(c2c36)C1=O)c54. The van der Waals surface area contributed by atoms with Crippen molar-refractivity contribution in [1.29, 1.82) is 0 Å². The van der Waals surface area contributed by atoms with E-state index in [1.165, 1.54) is 59.1 Å². The molecule has 2 atom stereocenters. The van der Waals surface area contributed by atoms with E-state index in [9.17, 15) is 19.2 Å². The molecule has 0 radical (unpaired) electrons. The molecule has 0 spiro atoms. The first-order valence-electron chi connectivity index (χ1n) is 30.3. The molecule has 408 valence electrons. The molecule has 82 heavy (non-hydrogen) atoms. The summed E-state index contributed by atoms with van der Waals surface area (Å²) in [6.07, 6.45) is 11.5. The van der Waals surface area contributed by atoms with Gasteiger partial charge < -0.3 is 0 Å². The number of carbonyl (C=O) groups is 4. The molecule has 2 aliphatic rings. The highest BCUT2D eigenvalue weighted by Gasteiger charge is 2.39. The van der Waals surface area contributed by atoms with E-state index in [0.29, 0.717) is 30.1 Å². The van der Waals surface area contributed by atoms with Crippen molar-refractivity contribution in [2.75, 3.05) is 13.1 Å². The number of fused-ring (bicyclic) bond motifs is 4. The van der Waals surface area contributed by atoms with Crippen LogP contribution in [0.25, 0.3) is 86.2 Å². The van der Waals surface area contributed by atoms with Gasteiger partial charge in [0.1, 0.15) is 0 Å². The average Bonchev–Trinajstić information content (AvgIpc) is 2.68. The first kappa shape index (κ1) is 52.9. The fourth-order valence-corrected chi connectivity index (χ4v) is 14.2. The molecule has 4 amide bonds. The summed E-state index contributed by atoms with van der Waals surface area (Å²) in [5.74, 6) is 0.0890. The number of unbranched alkanes of at least 4 members (excludes halogenated alkanes) is 2. The van der Waals surface area contributed by atoms with Crippen LogP contribution in [0, 0.1) is 11.8 Å². The highest BCUT2D eigenvalue weighted by Crippen LogP contribution is 2.48. The molecule has 0 N–H and O–H groups in total. The maximum atomic E-state index is 14.9. The van der Waals surface area contributed by atoms with Crippen LogP contribution in [-0.2, 0) is 25.7 Å². The zero-order valence-corrected chi connectivity index (χ0v) is 47.7. The lowest BCUT2D eigenvalue weighted by Crippen LogP contribution is -2.44. The summed E-state index contributed by atoms with van der Waals surface area (Å²) in [6, 6.07) is 59.5. The van der Waals surface area contributed by atoms with Gasteiger partial charge in [0.2, 0.25) is 0 Å². The number of nitrogens with zero attached hydrogens (tertiary/aromatic N) is 2. The number of aryl methyl sites for hydroxylation is 4. The Labute approximate surface area is 480 Å². The highest BCUT2D eigenvalue weighted by atomic mass is 16.2. The minimum Gasteiger partial charge on any atom is -0.274 e. The van der Waals surface area contributed by atoms with Gasteiger partial charge in [-0.3, -0.25) is 29.0 Å². The van der Waals surface area contributed by atoms with Gasteiger partial charge in [0, 0.05) is 35.0 Å². The summed E-state index contributed by atoms with van der Waals surface area (Å²) in [7, 11) is 0. The number of amides is 4. The predicted molar refractivity (Wildman–Crippen MR) is 340 cm³/mol. The molecule has 2 unspecified atom stereocenters. The van der Waals surface area contributed by atoms with Crippen molar-refractivity contribution in [1.82, 2.24) is 9.80 Å². The molecule has 0 saturated carbocycles. The molecule has 0 bridgehead atoms. The van der Waals surface area contributed by atoms with Crippen molar-refractivity contribution in [3.05, 3.63) is 214 Å². The molecule has 6 nitrogen and oxygen atoms in total. The topological polar surface area (TPSA) is 74.8 Å². The number of hydrogen-bond acceptors (Lipinski definition) is 4. The predicted octanol–water partition coefficient (Wildman–Crippen LogP) is 18.7. The van der Waals surface area contributed by atoms with Crippen LogP contribution in [0.2, 0.25) is 0 Å². The lowest BCUT2D eigenvalue weighted by atomic mass is 9.79. The number of imide groups is 2. The lowest BCUT2D eigenvalue weighted by Gasteiger charge is -2.33. The molecule has 0 saturated heterocycles. The van der Waals surface area contributed by atoms with Gasteiger partial charge in [0.15, 0.2) is 0 Å². The normalized spacial score (nSPS) is 14.2. The Morgan fingerprint density at radius 2 is 0.720 bits per heavy atom. The molecule has 12 aromatic rings. The van der Waals surface area contributed by atoms with E-state index < -0.39 is 0 Å². The summed E-state index contributed by atoms with van der Waals surface area (Å²) in [6.45, 7) is 9.69. The quantitative estimate of drug-likeness (QED) is 0.0487. The van der Waals surface area contributed by atoms with Crippen molar-refractivity contribution in [3.63, 3.8) is 0 Å². The molecule has 0 aliphatic carbocycles. The van der Waals surface area contributed by atoms with Crippen LogP contribution in [0.15, 0.2) is 170 Å². The number of carbonyl (C=O) groups excluding carboxylic acids is 4. The zero-order valence-electron chi connectivity index (χ0n) is 47.7. The molecular formula is C76H70N2O4. The van der Waals surface area contributed by atoms with E-state index in [2.05, 4.69) is 173 Å². The van der Waals surface area contributed by atoms with Crippen LogP contribution in [0.5, 0.6) is 0 Å². The molecule has 2 heterocycles. The first-order valence-corrected chi connectivity index (χ1v) is 30.3. The third-order valence-electron chi connectivity index (χ3n) is 18.6. The van der Waals surface area contributed by atoms with Crippen LogP contribution in [0.3, 0.4) is 0 Å². The van der Waals surface area contributed by atoms with Crippen LogP contribution in [-0.4, -0.2) is 46.5 Å². The fraction of sp³-hybridized carbons (Fsp3) is 0.263. The lowest BCUT2D eigenvalue weighted by molar-refractivity contribution is 0.0564. The second-order valence-corrected chi connectivity index (χ2v) is 23.4. The Hall–Kier alpha value is -8.48. The van der Waals surface area contributed by atoms with Crippen molar-refractivity contribution < 1.29 is 19.2 Å². The maximum Gasteiger partial charge on any atom is 0.261 e. The zero-order chi connectivity index (χ0) is 56.2. The van der Waals surface area contributed by atoms with Crippen LogP contribution < -0.4 is 0 Å². The Balaban J connectivity index is 0.000000166. The maximum absolute atomic E-state index is 14.9. The number of rotatable bonds is 18. The molecule has 2 aliphatic heterocycles. The van der Waals surface area contributed by atoms with Gasteiger partial charge in [-0.05, 0) is 172 Å². The van der Waals surface area contributed by atoms with Gasteiger partial charge in [-0.1, -0.05) is 212 Å². The smallest absolute Gasteiger partial charge is 0.261 e. The van der Waals surface area contributed by atoms with E-state index in [1.807, 2.05) is 24.3 Å². The third kappa shape index (κ3) is 8.93. The monoisotopic (exact) mass is 1070 g/mol. The van der Waals surface area contributed by atoms with Gasteiger partial charge in [-0.15, -0.1) is 0 Å². The Morgan fingerprint density at radius 3 is 1.12 bits per heavy atom. The second kappa shape index (κ2) is 22.1. The van der Waals surface area contributed by atoms with Crippen molar-refractivity contribution >= 4 is 110 Å². The van der Waals surface area contributed by atoms with Gasteiger partial charge in [0.25, 0.3) is 23.6 Å². The summed E-state index contributed by atoms with van der Waals surface area (Å²) in [5, 5.41) is 17.9. The Kier molecular flexibility index (Phi) is 14.3. The molecule has 14 rings (SSSR count). The van der Waals surface area contributed by atoms with Crippen molar-refractivity contribution in [2.24, 2.45) is 11.8 Å². The molecule has 0 aromatic heterocycles. The van der Waals surface area contributed by atoms with E-state index in [4.69, 9.17) is 0 Å². The Bertz CT molecular complexity index is 4200. The number of benzene rings is 12. The molecule has 12 aromatic carbocycles. The summed E-state index contributed by atoms with van der Waals surface area (Å²) in [5.41, 5.74) is 7.36. The van der Waals surface area contributed by atoms with Crippen LogP contribution in [0.4, 0.5) is 0 Å². The van der Waals surface area contributed by atoms with Crippen molar-refractivity contribution in [2.45, 2.75) is 105 Å². The summed E-state index contributed by atoms with van der Waals surface area (Å²) >= 11 is 0. The average molecular weight is 1080 g/mol. The third-order valence-corrected chi connectivity index (χ3v) is 18.6. The van der Waals surface area contributed by atoms with E-state index in [-0.39, 0.29) is 29.5 Å². The number of hydrogen-bond donors (Lipinski definition) is 0. The van der Waals surface area contributed by atoms with E-state index >= 15 is 0 Å². The van der Waals surface area contributed by atoms with Crippen LogP contribution >= 0.6 is 0 Å². The standard InChI is InChI=1S/C46H43NO2.C30H27NO2/c1-3-5-14-30(4-2)29-47-45(48)41-34(25-23-31-15-8-6-9-16-31)27-38-36-21-12-19-33-20-13-22-37(40(33)36)39-28-35(26-24-32-17-10-7-11-18-32)42(46(47)49)44(41)43(38)39;1-3-5-8-18(4-2)17-31-29(32)24-15-13-22-20-11-6-9-19-10-7-12-21(26(19)20)23-14-16-25(30(31)33)28(24)27(22)23/h6-13,15-22,27-28,30H,3-5,14,23-26,29H2,1-2H3;6-7,9-16,18H,3-5,8,17H2,1-2H3. The fourth-order valence-electron chi connectivity index (χ4n) is 14.2. The largest absolute Gasteiger partial charge is 0.274 e. The first-order chi connectivity index (χ1) is 40.2. The van der Waals surface area contributed by atoms with Gasteiger partial charge >= 0.3 is 0 Å².